The Morgan fingerprint density at radius 2 is 1.96 bits per heavy atom. The minimum atomic E-state index is -0.766. The van der Waals surface area contributed by atoms with E-state index in [-0.39, 0.29) is 24.6 Å². The fourth-order valence-electron chi connectivity index (χ4n) is 1.81. The monoisotopic (exact) mass is 376 g/mol. The molecule has 24 heavy (non-hydrogen) atoms. The molecule has 0 aromatic carbocycles. The molecule has 0 aliphatic heterocycles. The number of pyridine rings is 1. The highest BCUT2D eigenvalue weighted by Crippen LogP contribution is 2.19. The molecule has 0 aliphatic carbocycles. The van der Waals surface area contributed by atoms with Crippen molar-refractivity contribution in [3.63, 3.8) is 0 Å². The zero-order valence-corrected chi connectivity index (χ0v) is 15.1. The number of thioether (sulfide) groups is 1. The highest BCUT2D eigenvalue weighted by atomic mass is 35.5. The molecule has 2 atom stereocenters. The van der Waals surface area contributed by atoms with Crippen molar-refractivity contribution in [2.24, 2.45) is 11.7 Å². The predicted molar refractivity (Wildman–Crippen MR) is 93.3 cm³/mol. The van der Waals surface area contributed by atoms with E-state index in [9.17, 15) is 14.4 Å². The first-order valence-electron chi connectivity index (χ1n) is 6.91. The van der Waals surface area contributed by atoms with Crippen molar-refractivity contribution in [1.29, 1.82) is 0 Å². The molecule has 0 bridgehead atoms. The Morgan fingerprint density at radius 3 is 2.50 bits per heavy atom. The predicted octanol–water partition coefficient (Wildman–Crippen LogP) is 1.10. The zero-order valence-electron chi connectivity index (χ0n) is 13.5. The molecular formula is C15H21ClN2O5S. The lowest BCUT2D eigenvalue weighted by molar-refractivity contribution is -0.142. The van der Waals surface area contributed by atoms with Crippen LogP contribution in [0.1, 0.15) is 16.8 Å². The van der Waals surface area contributed by atoms with Crippen molar-refractivity contribution in [3.8, 4) is 0 Å². The smallest absolute Gasteiger partial charge is 0.323 e. The number of ether oxygens (including phenoxy) is 2. The van der Waals surface area contributed by atoms with Crippen LogP contribution in [-0.4, -0.2) is 54.5 Å². The van der Waals surface area contributed by atoms with Crippen molar-refractivity contribution in [1.82, 2.24) is 4.98 Å². The fourth-order valence-corrected chi connectivity index (χ4v) is 2.89. The van der Waals surface area contributed by atoms with Crippen LogP contribution in [0.25, 0.3) is 0 Å². The largest absolute Gasteiger partial charge is 0.469 e. The van der Waals surface area contributed by atoms with Gasteiger partial charge in [0.1, 0.15) is 6.04 Å². The Morgan fingerprint density at radius 1 is 1.25 bits per heavy atom. The molecule has 0 amide bonds. The van der Waals surface area contributed by atoms with Gasteiger partial charge in [-0.25, -0.2) is 0 Å². The summed E-state index contributed by atoms with van der Waals surface area (Å²) in [5, 5.41) is 0. The Hall–Kier alpha value is -1.64. The van der Waals surface area contributed by atoms with Crippen LogP contribution < -0.4 is 5.73 Å². The average molecular weight is 377 g/mol. The molecule has 1 aromatic heterocycles. The first-order valence-corrected chi connectivity index (χ1v) is 8.07. The molecule has 1 aromatic rings. The maximum absolute atomic E-state index is 12.5. The number of Topliss-reactive ketones (excluding diaryl/α,β-unsaturated/α-hetero) is 1. The number of ketones is 1. The minimum absolute atomic E-state index is 0. The standard InChI is InChI=1S/C15H20N2O5S.ClH/c1-21-13(18)6-11(8-23-9-12(16)15(20)22-2)14(19)10-4-3-5-17-7-10;/h3-5,7,11-12H,6,8-9,16H2,1-2H3;1H/t11?,12-;/m0./s1. The summed E-state index contributed by atoms with van der Waals surface area (Å²) in [5.41, 5.74) is 6.08. The number of halogens is 1. The van der Waals surface area contributed by atoms with Crippen LogP contribution in [0.15, 0.2) is 24.5 Å². The Kier molecular flexibility index (Phi) is 11.0. The van der Waals surface area contributed by atoms with Crippen molar-refractivity contribution in [2.45, 2.75) is 12.5 Å². The summed E-state index contributed by atoms with van der Waals surface area (Å²) in [6.07, 6.45) is 2.98. The summed E-state index contributed by atoms with van der Waals surface area (Å²) in [5.74, 6) is -1.10. The van der Waals surface area contributed by atoms with Crippen LogP contribution in [0.4, 0.5) is 0 Å². The second kappa shape index (κ2) is 11.8. The Labute approximate surface area is 151 Å². The lowest BCUT2D eigenvalue weighted by Gasteiger charge is -2.15. The molecule has 1 rings (SSSR count). The normalized spacial score (nSPS) is 12.5. The van der Waals surface area contributed by atoms with Gasteiger partial charge in [-0.2, -0.15) is 11.8 Å². The number of nitrogens with zero attached hydrogens (tertiary/aromatic N) is 1. The Balaban J connectivity index is 0.00000529. The van der Waals surface area contributed by atoms with Crippen LogP contribution >= 0.6 is 24.2 Å². The van der Waals surface area contributed by atoms with Crippen LogP contribution in [-0.2, 0) is 19.1 Å². The number of esters is 2. The van der Waals surface area contributed by atoms with E-state index >= 15 is 0 Å². The van der Waals surface area contributed by atoms with Gasteiger partial charge in [-0.3, -0.25) is 19.4 Å². The molecule has 7 nitrogen and oxygen atoms in total. The third-order valence-corrected chi connectivity index (χ3v) is 4.31. The van der Waals surface area contributed by atoms with Gasteiger partial charge in [0.05, 0.1) is 20.6 Å². The number of hydrogen-bond donors (Lipinski definition) is 1. The Bertz CT molecular complexity index is 544. The molecule has 1 unspecified atom stereocenters. The SMILES string of the molecule is COC(=O)CC(CSC[C@H](N)C(=O)OC)C(=O)c1cccnc1.Cl. The quantitative estimate of drug-likeness (QED) is 0.504. The number of aromatic nitrogens is 1. The van der Waals surface area contributed by atoms with E-state index in [4.69, 9.17) is 5.73 Å². The van der Waals surface area contributed by atoms with Crippen molar-refractivity contribution >= 4 is 41.9 Å². The number of rotatable bonds is 9. The molecule has 2 N–H and O–H groups in total. The van der Waals surface area contributed by atoms with Gasteiger partial charge >= 0.3 is 11.9 Å². The molecule has 1 heterocycles. The van der Waals surface area contributed by atoms with Crippen LogP contribution in [0.3, 0.4) is 0 Å². The van der Waals surface area contributed by atoms with Gasteiger partial charge in [-0.15, -0.1) is 12.4 Å². The van der Waals surface area contributed by atoms with Gasteiger partial charge in [0, 0.05) is 35.4 Å². The first-order chi connectivity index (χ1) is 11.0. The van der Waals surface area contributed by atoms with Gasteiger partial charge in [0.15, 0.2) is 5.78 Å². The number of methoxy groups -OCH3 is 2. The van der Waals surface area contributed by atoms with E-state index < -0.39 is 23.9 Å². The fraction of sp³-hybridized carbons (Fsp3) is 0.467. The van der Waals surface area contributed by atoms with E-state index in [2.05, 4.69) is 14.5 Å². The maximum Gasteiger partial charge on any atom is 0.323 e. The van der Waals surface area contributed by atoms with E-state index in [1.54, 1.807) is 18.3 Å². The summed E-state index contributed by atoms with van der Waals surface area (Å²) in [6.45, 7) is 0. The van der Waals surface area contributed by atoms with Crippen molar-refractivity contribution in [3.05, 3.63) is 30.1 Å². The number of carbonyl (C=O) groups excluding carboxylic acids is 3. The third kappa shape index (κ3) is 7.29. The molecule has 0 radical (unpaired) electrons. The molecule has 0 fully saturated rings. The summed E-state index contributed by atoms with van der Waals surface area (Å²) in [6, 6.07) is 2.53. The minimum Gasteiger partial charge on any atom is -0.469 e. The van der Waals surface area contributed by atoms with Gasteiger partial charge in [0.25, 0.3) is 0 Å². The molecule has 0 saturated heterocycles. The van der Waals surface area contributed by atoms with Gasteiger partial charge in [0.2, 0.25) is 0 Å². The molecule has 0 saturated carbocycles. The maximum atomic E-state index is 12.5. The van der Waals surface area contributed by atoms with Gasteiger partial charge in [-0.05, 0) is 12.1 Å². The van der Waals surface area contributed by atoms with Crippen molar-refractivity contribution in [2.75, 3.05) is 25.7 Å². The molecule has 0 spiro atoms. The summed E-state index contributed by atoms with van der Waals surface area (Å²) in [4.78, 5) is 39.2. The van der Waals surface area contributed by atoms with E-state index in [0.29, 0.717) is 17.1 Å². The average Bonchev–Trinajstić information content (AvgIpc) is 2.59. The summed E-state index contributed by atoms with van der Waals surface area (Å²) >= 11 is 1.31. The highest BCUT2D eigenvalue weighted by molar-refractivity contribution is 7.99. The summed E-state index contributed by atoms with van der Waals surface area (Å²) in [7, 11) is 2.53. The first kappa shape index (κ1) is 22.4. The van der Waals surface area contributed by atoms with Crippen molar-refractivity contribution < 1.29 is 23.9 Å². The number of nitrogens with two attached hydrogens (primary N) is 1. The second-order valence-electron chi connectivity index (χ2n) is 4.75. The molecular weight excluding hydrogens is 356 g/mol. The van der Waals surface area contributed by atoms with Crippen LogP contribution in [0.5, 0.6) is 0 Å². The zero-order chi connectivity index (χ0) is 17.2. The van der Waals surface area contributed by atoms with Gasteiger partial charge in [-0.1, -0.05) is 0 Å². The number of hydrogen-bond acceptors (Lipinski definition) is 8. The van der Waals surface area contributed by atoms with E-state index in [0.717, 1.165) is 0 Å². The summed E-state index contributed by atoms with van der Waals surface area (Å²) < 4.78 is 9.18. The third-order valence-electron chi connectivity index (χ3n) is 3.08. The highest BCUT2D eigenvalue weighted by Gasteiger charge is 2.25. The molecule has 9 heteroatoms. The lowest BCUT2D eigenvalue weighted by atomic mass is 9.97. The topological polar surface area (TPSA) is 109 Å². The van der Waals surface area contributed by atoms with Gasteiger partial charge < -0.3 is 15.2 Å². The van der Waals surface area contributed by atoms with E-state index in [1.807, 2.05) is 0 Å². The second-order valence-corrected chi connectivity index (χ2v) is 5.83. The van der Waals surface area contributed by atoms with E-state index in [1.165, 1.54) is 32.2 Å². The number of carbonyl (C=O) groups is 3. The van der Waals surface area contributed by atoms with Crippen LogP contribution in [0, 0.1) is 5.92 Å². The molecule has 134 valence electrons. The van der Waals surface area contributed by atoms with Crippen LogP contribution in [0.2, 0.25) is 0 Å². The lowest BCUT2D eigenvalue weighted by Crippen LogP contribution is -2.34. The molecule has 0 aliphatic rings.